The molecule has 1 fully saturated rings. The van der Waals surface area contributed by atoms with Crippen molar-refractivity contribution in [3.8, 4) is 0 Å². The second-order valence-corrected chi connectivity index (χ2v) is 4.42. The second kappa shape index (κ2) is 1.42. The van der Waals surface area contributed by atoms with Crippen LogP contribution in [-0.4, -0.2) is 0 Å². The Hall–Kier alpha value is -0.260. The van der Waals surface area contributed by atoms with Crippen molar-refractivity contribution in [3.63, 3.8) is 0 Å². The maximum Gasteiger partial charge on any atom is -0.0134 e. The highest BCUT2D eigenvalue weighted by Gasteiger charge is 2.45. The van der Waals surface area contributed by atoms with Gasteiger partial charge in [-0.15, -0.1) is 0 Å². The fourth-order valence-electron chi connectivity index (χ4n) is 2.13. The molecule has 0 radical (unpaired) electrons. The Balaban J connectivity index is 2.74. The predicted molar refractivity (Wildman–Crippen MR) is 41.3 cm³/mol. The van der Waals surface area contributed by atoms with Gasteiger partial charge >= 0.3 is 0 Å². The average Bonchev–Trinajstić information content (AvgIpc) is 1.63. The Morgan fingerprint density at radius 3 is 1.44 bits per heavy atom. The lowest BCUT2D eigenvalue weighted by Gasteiger charge is -2.52. The molecule has 0 amide bonds. The topological polar surface area (TPSA) is 0 Å². The van der Waals surface area contributed by atoms with Gasteiger partial charge in [0.15, 0.2) is 0 Å². The van der Waals surface area contributed by atoms with E-state index in [1.54, 1.807) is 0 Å². The summed E-state index contributed by atoms with van der Waals surface area (Å²) >= 11 is 0. The molecule has 9 heavy (non-hydrogen) atoms. The molecule has 0 spiro atoms. The minimum atomic E-state index is 0.420. The van der Waals surface area contributed by atoms with E-state index in [0.717, 1.165) is 0 Å². The predicted octanol–water partition coefficient (Wildman–Crippen LogP) is 3.00. The summed E-state index contributed by atoms with van der Waals surface area (Å²) < 4.78 is 0. The van der Waals surface area contributed by atoms with Crippen molar-refractivity contribution in [2.45, 2.75) is 34.1 Å². The first kappa shape index (κ1) is 6.85. The Bertz CT molecular complexity index is 133. The summed E-state index contributed by atoms with van der Waals surface area (Å²) in [7, 11) is 0. The molecule has 0 aliphatic heterocycles. The minimum absolute atomic E-state index is 0.420. The third-order valence-corrected chi connectivity index (χ3v) is 2.52. The number of allylic oxidation sites excluding steroid dienone is 1. The standard InChI is InChI=1S/C9H16/c1-7-8(2,3)6-9(7,4)5/h1,6H2,2-5H3. The Morgan fingerprint density at radius 1 is 1.11 bits per heavy atom. The molecule has 0 heteroatoms. The molecule has 1 saturated carbocycles. The van der Waals surface area contributed by atoms with E-state index in [9.17, 15) is 0 Å². The van der Waals surface area contributed by atoms with Crippen LogP contribution < -0.4 is 0 Å². The summed E-state index contributed by atoms with van der Waals surface area (Å²) in [6.07, 6.45) is 1.29. The molecule has 0 aromatic heterocycles. The van der Waals surface area contributed by atoms with Gasteiger partial charge in [-0.2, -0.15) is 0 Å². The van der Waals surface area contributed by atoms with Crippen molar-refractivity contribution in [1.82, 2.24) is 0 Å². The number of rotatable bonds is 0. The van der Waals surface area contributed by atoms with Crippen LogP contribution in [0.25, 0.3) is 0 Å². The summed E-state index contributed by atoms with van der Waals surface area (Å²) in [5, 5.41) is 0. The zero-order valence-electron chi connectivity index (χ0n) is 6.91. The van der Waals surface area contributed by atoms with Gasteiger partial charge in [0, 0.05) is 0 Å². The first-order valence-electron chi connectivity index (χ1n) is 3.56. The summed E-state index contributed by atoms with van der Waals surface area (Å²) in [6, 6.07) is 0. The monoisotopic (exact) mass is 124 g/mol. The third-order valence-electron chi connectivity index (χ3n) is 2.52. The molecule has 0 atom stereocenters. The zero-order chi connectivity index (χ0) is 7.28. The molecule has 0 aromatic rings. The van der Waals surface area contributed by atoms with Crippen LogP contribution in [0.1, 0.15) is 34.1 Å². The molecule has 0 aromatic carbocycles. The van der Waals surface area contributed by atoms with E-state index in [-0.39, 0.29) is 0 Å². The van der Waals surface area contributed by atoms with Crippen molar-refractivity contribution in [2.75, 3.05) is 0 Å². The SMILES string of the molecule is C=C1C(C)(C)CC1(C)C. The van der Waals surface area contributed by atoms with E-state index < -0.39 is 0 Å². The molecule has 0 nitrogen and oxygen atoms in total. The molecule has 0 bridgehead atoms. The summed E-state index contributed by atoms with van der Waals surface area (Å²) in [5.41, 5.74) is 2.25. The smallest absolute Gasteiger partial charge is 0.0134 e. The Kier molecular flexibility index (Phi) is 1.08. The molecular formula is C9H16. The van der Waals surface area contributed by atoms with E-state index >= 15 is 0 Å². The maximum atomic E-state index is 4.07. The molecule has 1 aliphatic carbocycles. The van der Waals surface area contributed by atoms with Gasteiger partial charge in [-0.25, -0.2) is 0 Å². The second-order valence-electron chi connectivity index (χ2n) is 4.42. The normalized spacial score (nSPS) is 29.6. The van der Waals surface area contributed by atoms with Gasteiger partial charge in [0.05, 0.1) is 0 Å². The minimum Gasteiger partial charge on any atom is -0.0988 e. The zero-order valence-corrected chi connectivity index (χ0v) is 6.91. The van der Waals surface area contributed by atoms with Crippen LogP contribution in [0.3, 0.4) is 0 Å². The van der Waals surface area contributed by atoms with E-state index in [1.165, 1.54) is 12.0 Å². The summed E-state index contributed by atoms with van der Waals surface area (Å²) in [5.74, 6) is 0. The van der Waals surface area contributed by atoms with Gasteiger partial charge in [0.1, 0.15) is 0 Å². The molecule has 1 rings (SSSR count). The van der Waals surface area contributed by atoms with Crippen molar-refractivity contribution in [1.29, 1.82) is 0 Å². The van der Waals surface area contributed by atoms with Crippen molar-refractivity contribution in [3.05, 3.63) is 12.2 Å². The fraction of sp³-hybridized carbons (Fsp3) is 0.778. The van der Waals surface area contributed by atoms with Crippen molar-refractivity contribution >= 4 is 0 Å². The average molecular weight is 124 g/mol. The number of hydrogen-bond donors (Lipinski definition) is 0. The Labute approximate surface area is 58.0 Å². The van der Waals surface area contributed by atoms with Crippen molar-refractivity contribution < 1.29 is 0 Å². The van der Waals surface area contributed by atoms with E-state index in [4.69, 9.17) is 0 Å². The van der Waals surface area contributed by atoms with Crippen LogP contribution in [0.5, 0.6) is 0 Å². The van der Waals surface area contributed by atoms with E-state index in [1.807, 2.05) is 0 Å². The van der Waals surface area contributed by atoms with Crippen LogP contribution >= 0.6 is 0 Å². The van der Waals surface area contributed by atoms with Crippen LogP contribution in [0.15, 0.2) is 12.2 Å². The Morgan fingerprint density at radius 2 is 1.44 bits per heavy atom. The highest BCUT2D eigenvalue weighted by atomic mass is 14.5. The van der Waals surface area contributed by atoms with Crippen LogP contribution in [0.4, 0.5) is 0 Å². The lowest BCUT2D eigenvalue weighted by atomic mass is 9.53. The highest BCUT2D eigenvalue weighted by molar-refractivity contribution is 5.26. The largest absolute Gasteiger partial charge is 0.0988 e. The molecule has 0 N–H and O–H groups in total. The van der Waals surface area contributed by atoms with E-state index in [0.29, 0.717) is 10.8 Å². The molecule has 52 valence electrons. The summed E-state index contributed by atoms with van der Waals surface area (Å²) in [4.78, 5) is 0. The molecule has 0 unspecified atom stereocenters. The van der Waals surface area contributed by atoms with Crippen LogP contribution in [0, 0.1) is 10.8 Å². The third kappa shape index (κ3) is 0.810. The van der Waals surface area contributed by atoms with E-state index in [2.05, 4.69) is 34.3 Å². The van der Waals surface area contributed by atoms with Gasteiger partial charge in [-0.1, -0.05) is 39.8 Å². The molecular weight excluding hydrogens is 108 g/mol. The first-order valence-corrected chi connectivity index (χ1v) is 3.56. The van der Waals surface area contributed by atoms with Crippen LogP contribution in [0.2, 0.25) is 0 Å². The highest BCUT2D eigenvalue weighted by Crippen LogP contribution is 2.57. The first-order chi connectivity index (χ1) is 3.86. The molecule has 0 heterocycles. The van der Waals surface area contributed by atoms with Crippen molar-refractivity contribution in [2.24, 2.45) is 10.8 Å². The van der Waals surface area contributed by atoms with Gasteiger partial charge in [-0.05, 0) is 17.3 Å². The van der Waals surface area contributed by atoms with Gasteiger partial charge in [0.2, 0.25) is 0 Å². The van der Waals surface area contributed by atoms with Gasteiger partial charge in [-0.3, -0.25) is 0 Å². The van der Waals surface area contributed by atoms with Crippen LogP contribution in [-0.2, 0) is 0 Å². The number of hydrogen-bond acceptors (Lipinski definition) is 0. The maximum absolute atomic E-state index is 4.07. The lowest BCUT2D eigenvalue weighted by Crippen LogP contribution is -2.41. The quantitative estimate of drug-likeness (QED) is 0.435. The molecule has 1 aliphatic rings. The lowest BCUT2D eigenvalue weighted by molar-refractivity contribution is 0.131. The summed E-state index contributed by atoms with van der Waals surface area (Å²) in [6.45, 7) is 13.1. The molecule has 0 saturated heterocycles. The van der Waals surface area contributed by atoms with Gasteiger partial charge in [0.25, 0.3) is 0 Å². The van der Waals surface area contributed by atoms with Gasteiger partial charge < -0.3 is 0 Å². The fourth-order valence-corrected chi connectivity index (χ4v) is 2.13.